The molecule has 1 aromatic heterocycles. The van der Waals surface area contributed by atoms with Gasteiger partial charge in [-0.25, -0.2) is 4.98 Å². The zero-order valence-electron chi connectivity index (χ0n) is 13.3. The van der Waals surface area contributed by atoms with Crippen molar-refractivity contribution in [2.45, 2.75) is 25.8 Å². The van der Waals surface area contributed by atoms with Crippen LogP contribution in [-0.4, -0.2) is 41.2 Å². The molecule has 6 heteroatoms. The van der Waals surface area contributed by atoms with Crippen LogP contribution in [0.25, 0.3) is 0 Å². The third-order valence-electron chi connectivity index (χ3n) is 4.25. The number of likely N-dealkylation sites (N-methyl/N-ethyl adjacent to an activating group) is 1. The molecule has 122 valence electrons. The standard InChI is InChI=1S/C17H20N2O3S/c1-11-14(23-10-18-11)6-8-19(2)15(17(20)21)13-5-3-4-12-7-9-22-16(12)13/h3-5,10,15H,6-9H2,1-2H3,(H,20,21)/t15-/m0/s1. The molecular formula is C17H20N2O3S. The van der Waals surface area contributed by atoms with Gasteiger partial charge in [0.25, 0.3) is 0 Å². The fourth-order valence-corrected chi connectivity index (χ4v) is 3.76. The molecule has 1 N–H and O–H groups in total. The Morgan fingerprint density at radius 3 is 3.04 bits per heavy atom. The summed E-state index contributed by atoms with van der Waals surface area (Å²) in [5, 5.41) is 9.73. The van der Waals surface area contributed by atoms with Crippen LogP contribution in [0.1, 0.15) is 27.7 Å². The third-order valence-corrected chi connectivity index (χ3v) is 5.25. The van der Waals surface area contributed by atoms with Crippen LogP contribution in [0.15, 0.2) is 23.7 Å². The van der Waals surface area contributed by atoms with Crippen LogP contribution >= 0.6 is 11.3 Å². The fraction of sp³-hybridized carbons (Fsp3) is 0.412. The van der Waals surface area contributed by atoms with Crippen molar-refractivity contribution in [3.05, 3.63) is 45.4 Å². The van der Waals surface area contributed by atoms with Gasteiger partial charge in [0.15, 0.2) is 0 Å². The van der Waals surface area contributed by atoms with Gasteiger partial charge in [0, 0.05) is 23.4 Å². The highest BCUT2D eigenvalue weighted by Crippen LogP contribution is 2.35. The number of carboxylic acid groups (broad SMARTS) is 1. The Labute approximate surface area is 139 Å². The van der Waals surface area contributed by atoms with Gasteiger partial charge < -0.3 is 9.84 Å². The molecular weight excluding hydrogens is 312 g/mol. The largest absolute Gasteiger partial charge is 0.493 e. The Morgan fingerprint density at radius 1 is 1.52 bits per heavy atom. The number of hydrogen-bond donors (Lipinski definition) is 1. The van der Waals surface area contributed by atoms with E-state index in [1.54, 1.807) is 11.3 Å². The lowest BCUT2D eigenvalue weighted by Crippen LogP contribution is -2.32. The van der Waals surface area contributed by atoms with Crippen LogP contribution in [0.5, 0.6) is 5.75 Å². The van der Waals surface area contributed by atoms with Gasteiger partial charge in [0.1, 0.15) is 11.8 Å². The maximum Gasteiger partial charge on any atom is 0.325 e. The highest BCUT2D eigenvalue weighted by atomic mass is 32.1. The number of para-hydroxylation sites is 1. The van der Waals surface area contributed by atoms with Crippen molar-refractivity contribution in [3.8, 4) is 5.75 Å². The summed E-state index contributed by atoms with van der Waals surface area (Å²) in [6.45, 7) is 3.27. The first kappa shape index (κ1) is 16.0. The number of ether oxygens (including phenoxy) is 1. The summed E-state index contributed by atoms with van der Waals surface area (Å²) in [4.78, 5) is 19.2. The van der Waals surface area contributed by atoms with E-state index in [-0.39, 0.29) is 0 Å². The molecule has 0 amide bonds. The minimum Gasteiger partial charge on any atom is -0.493 e. The minimum absolute atomic E-state index is 0.627. The van der Waals surface area contributed by atoms with Crippen LogP contribution in [0.3, 0.4) is 0 Å². The normalized spacial score (nSPS) is 14.6. The first-order valence-corrected chi connectivity index (χ1v) is 8.52. The lowest BCUT2D eigenvalue weighted by atomic mass is 10.0. The zero-order chi connectivity index (χ0) is 16.4. The molecule has 0 saturated heterocycles. The minimum atomic E-state index is -0.850. The molecule has 0 aliphatic carbocycles. The van der Waals surface area contributed by atoms with Gasteiger partial charge in [-0.2, -0.15) is 0 Å². The lowest BCUT2D eigenvalue weighted by molar-refractivity contribution is -0.143. The number of thiazole rings is 1. The quantitative estimate of drug-likeness (QED) is 0.881. The van der Waals surface area contributed by atoms with E-state index >= 15 is 0 Å². The SMILES string of the molecule is Cc1ncsc1CCN(C)[C@H](C(=O)O)c1cccc2c1OCC2. The van der Waals surface area contributed by atoms with Gasteiger partial charge in [-0.15, -0.1) is 11.3 Å². The average Bonchev–Trinajstić information content (AvgIpc) is 3.14. The van der Waals surface area contributed by atoms with Crippen LogP contribution in [0.4, 0.5) is 0 Å². The second-order valence-electron chi connectivity index (χ2n) is 5.77. The molecule has 0 spiro atoms. The Bertz CT molecular complexity index is 714. The molecule has 0 bridgehead atoms. The number of fused-ring (bicyclic) bond motifs is 1. The first-order chi connectivity index (χ1) is 11.1. The molecule has 1 aromatic carbocycles. The maximum absolute atomic E-state index is 11.9. The monoisotopic (exact) mass is 332 g/mol. The Balaban J connectivity index is 1.80. The molecule has 23 heavy (non-hydrogen) atoms. The molecule has 2 heterocycles. The number of aromatic nitrogens is 1. The van der Waals surface area contributed by atoms with Crippen molar-refractivity contribution in [2.24, 2.45) is 0 Å². The van der Waals surface area contributed by atoms with Gasteiger partial charge >= 0.3 is 5.97 Å². The number of aryl methyl sites for hydroxylation is 1. The molecule has 1 atom stereocenters. The smallest absolute Gasteiger partial charge is 0.325 e. The number of aliphatic carboxylic acids is 1. The van der Waals surface area contributed by atoms with Crippen LogP contribution in [0, 0.1) is 6.92 Å². The molecule has 3 rings (SSSR count). The van der Waals surface area contributed by atoms with Gasteiger partial charge in [-0.05, 0) is 26.0 Å². The second-order valence-corrected chi connectivity index (χ2v) is 6.71. The fourth-order valence-electron chi connectivity index (χ4n) is 2.99. The first-order valence-electron chi connectivity index (χ1n) is 7.64. The van der Waals surface area contributed by atoms with Gasteiger partial charge in [0.05, 0.1) is 17.8 Å². The molecule has 0 unspecified atom stereocenters. The second kappa shape index (κ2) is 6.68. The predicted molar refractivity (Wildman–Crippen MR) is 89.2 cm³/mol. The van der Waals surface area contributed by atoms with E-state index < -0.39 is 12.0 Å². The number of benzene rings is 1. The Hall–Kier alpha value is -1.92. The van der Waals surface area contributed by atoms with Crippen molar-refractivity contribution in [1.29, 1.82) is 0 Å². The highest BCUT2D eigenvalue weighted by molar-refractivity contribution is 7.09. The molecule has 1 aliphatic heterocycles. The molecule has 0 saturated carbocycles. The third kappa shape index (κ3) is 3.23. The van der Waals surface area contributed by atoms with Crippen molar-refractivity contribution in [1.82, 2.24) is 9.88 Å². The van der Waals surface area contributed by atoms with E-state index in [2.05, 4.69) is 4.98 Å². The molecule has 1 aliphatic rings. The lowest BCUT2D eigenvalue weighted by Gasteiger charge is -2.26. The summed E-state index contributed by atoms with van der Waals surface area (Å²) in [5.74, 6) is -0.0989. The number of carbonyl (C=O) groups is 1. The van der Waals surface area contributed by atoms with E-state index in [0.29, 0.717) is 13.2 Å². The number of carboxylic acids is 1. The van der Waals surface area contributed by atoms with Gasteiger partial charge in [-0.1, -0.05) is 18.2 Å². The number of nitrogens with zero attached hydrogens (tertiary/aromatic N) is 2. The summed E-state index contributed by atoms with van der Waals surface area (Å²) in [7, 11) is 1.85. The average molecular weight is 332 g/mol. The number of hydrogen-bond acceptors (Lipinski definition) is 5. The van der Waals surface area contributed by atoms with Crippen molar-refractivity contribution < 1.29 is 14.6 Å². The van der Waals surface area contributed by atoms with Gasteiger partial charge in [0.2, 0.25) is 0 Å². The van der Waals surface area contributed by atoms with Gasteiger partial charge in [-0.3, -0.25) is 9.69 Å². The topological polar surface area (TPSA) is 62.7 Å². The Kier molecular flexibility index (Phi) is 4.63. The molecule has 0 fully saturated rings. The van der Waals surface area contributed by atoms with Crippen LogP contribution in [-0.2, 0) is 17.6 Å². The predicted octanol–water partition coefficient (Wildman–Crippen LogP) is 2.69. The van der Waals surface area contributed by atoms with Crippen LogP contribution < -0.4 is 4.74 Å². The van der Waals surface area contributed by atoms with E-state index in [0.717, 1.165) is 35.4 Å². The van der Waals surface area contributed by atoms with E-state index in [4.69, 9.17) is 4.74 Å². The van der Waals surface area contributed by atoms with E-state index in [1.165, 1.54) is 4.88 Å². The maximum atomic E-state index is 11.9. The van der Waals surface area contributed by atoms with Crippen molar-refractivity contribution >= 4 is 17.3 Å². The van der Waals surface area contributed by atoms with Crippen molar-refractivity contribution in [2.75, 3.05) is 20.2 Å². The number of rotatable bonds is 6. The van der Waals surface area contributed by atoms with E-state index in [9.17, 15) is 9.90 Å². The summed E-state index contributed by atoms with van der Waals surface area (Å²) < 4.78 is 5.68. The zero-order valence-corrected chi connectivity index (χ0v) is 14.1. The van der Waals surface area contributed by atoms with Crippen LogP contribution in [0.2, 0.25) is 0 Å². The van der Waals surface area contributed by atoms with E-state index in [1.807, 2.05) is 42.6 Å². The highest BCUT2D eigenvalue weighted by Gasteiger charge is 2.30. The Morgan fingerprint density at radius 2 is 2.35 bits per heavy atom. The molecule has 0 radical (unpaired) electrons. The summed E-state index contributed by atoms with van der Waals surface area (Å²) >= 11 is 1.62. The summed E-state index contributed by atoms with van der Waals surface area (Å²) in [5.41, 5.74) is 4.70. The summed E-state index contributed by atoms with van der Waals surface area (Å²) in [6, 6.07) is 5.08. The van der Waals surface area contributed by atoms with Crippen molar-refractivity contribution in [3.63, 3.8) is 0 Å². The molecule has 5 nitrogen and oxygen atoms in total. The summed E-state index contributed by atoms with van der Waals surface area (Å²) in [6.07, 6.45) is 1.64. The molecule has 2 aromatic rings.